The van der Waals surface area contributed by atoms with Crippen molar-refractivity contribution in [2.24, 2.45) is 0 Å². The molecule has 0 saturated heterocycles. The molecule has 9 nitrogen and oxygen atoms in total. The van der Waals surface area contributed by atoms with Crippen LogP contribution < -0.4 is 20.3 Å². The fraction of sp³-hybridized carbons (Fsp3) is 0.250. The van der Waals surface area contributed by atoms with E-state index in [1.54, 1.807) is 43.3 Å². The average Bonchev–Trinajstić information content (AvgIpc) is 2.80. The molecule has 0 aliphatic heterocycles. The van der Waals surface area contributed by atoms with Gasteiger partial charge in [0.15, 0.2) is 12.4 Å². The summed E-state index contributed by atoms with van der Waals surface area (Å²) in [6.07, 6.45) is 0. The van der Waals surface area contributed by atoms with Crippen LogP contribution in [0.1, 0.15) is 29.9 Å². The Morgan fingerprint density at radius 1 is 1.00 bits per heavy atom. The van der Waals surface area contributed by atoms with Crippen molar-refractivity contribution in [2.75, 3.05) is 25.1 Å². The quantitative estimate of drug-likeness (QED) is 0.498. The molecule has 0 fully saturated rings. The molecule has 0 atom stereocenters. The lowest BCUT2D eigenvalue weighted by atomic mass is 10.2. The van der Waals surface area contributed by atoms with Gasteiger partial charge < -0.3 is 19.5 Å². The summed E-state index contributed by atoms with van der Waals surface area (Å²) in [6, 6.07) is 15.1. The summed E-state index contributed by atoms with van der Waals surface area (Å²) in [4.78, 5) is 37.5. The zero-order valence-electron chi connectivity index (χ0n) is 18.7. The van der Waals surface area contributed by atoms with Crippen LogP contribution in [0, 0.1) is 6.92 Å². The highest BCUT2D eigenvalue weighted by Crippen LogP contribution is 2.19. The van der Waals surface area contributed by atoms with Crippen molar-refractivity contribution in [3.63, 3.8) is 0 Å². The first-order chi connectivity index (χ1) is 15.9. The summed E-state index contributed by atoms with van der Waals surface area (Å²) in [6.45, 7) is 5.57. The molecule has 3 rings (SSSR count). The second kappa shape index (κ2) is 10.9. The molecule has 172 valence electrons. The lowest BCUT2D eigenvalue weighted by Crippen LogP contribution is -2.27. The van der Waals surface area contributed by atoms with Gasteiger partial charge in [0.05, 0.1) is 25.0 Å². The molecule has 1 N–H and O–H groups in total. The van der Waals surface area contributed by atoms with Crippen LogP contribution >= 0.6 is 0 Å². The Bertz CT molecular complexity index is 1190. The van der Waals surface area contributed by atoms with Crippen molar-refractivity contribution in [3.8, 4) is 17.2 Å². The number of aryl methyl sites for hydroxylation is 1. The molecule has 1 amide bonds. The molecule has 2 aromatic carbocycles. The Labute approximate surface area is 190 Å². The van der Waals surface area contributed by atoms with Gasteiger partial charge in [-0.2, -0.15) is 9.78 Å². The number of para-hydroxylation sites is 1. The van der Waals surface area contributed by atoms with Gasteiger partial charge in [0.1, 0.15) is 5.75 Å². The van der Waals surface area contributed by atoms with E-state index in [0.29, 0.717) is 23.7 Å². The van der Waals surface area contributed by atoms with Crippen LogP contribution in [0.25, 0.3) is 5.69 Å². The lowest BCUT2D eigenvalue weighted by molar-refractivity contribution is -0.118. The number of hydrogen-bond acceptors (Lipinski definition) is 7. The van der Waals surface area contributed by atoms with E-state index in [1.807, 2.05) is 26.0 Å². The number of benzene rings is 2. The third kappa shape index (κ3) is 5.97. The van der Waals surface area contributed by atoms with E-state index in [4.69, 9.17) is 14.2 Å². The summed E-state index contributed by atoms with van der Waals surface area (Å²) < 4.78 is 17.0. The summed E-state index contributed by atoms with van der Waals surface area (Å²) in [7, 11) is 0. The zero-order chi connectivity index (χ0) is 23.8. The van der Waals surface area contributed by atoms with Gasteiger partial charge in [-0.3, -0.25) is 9.59 Å². The van der Waals surface area contributed by atoms with E-state index in [0.717, 1.165) is 16.3 Å². The second-order valence-electron chi connectivity index (χ2n) is 6.91. The predicted octanol–water partition coefficient (Wildman–Crippen LogP) is 3.13. The van der Waals surface area contributed by atoms with E-state index in [1.165, 1.54) is 0 Å². The van der Waals surface area contributed by atoms with Crippen LogP contribution in [0.3, 0.4) is 0 Å². The molecule has 0 aliphatic carbocycles. The minimum absolute atomic E-state index is 0.113. The van der Waals surface area contributed by atoms with Crippen molar-refractivity contribution in [2.45, 2.75) is 20.8 Å². The van der Waals surface area contributed by atoms with Crippen molar-refractivity contribution >= 4 is 17.6 Å². The van der Waals surface area contributed by atoms with Crippen molar-refractivity contribution in [1.29, 1.82) is 0 Å². The Balaban J connectivity index is 1.80. The second-order valence-corrected chi connectivity index (χ2v) is 6.91. The van der Waals surface area contributed by atoms with Gasteiger partial charge in [-0.15, -0.1) is 0 Å². The molecule has 0 bridgehead atoms. The first-order valence-electron chi connectivity index (χ1n) is 10.5. The van der Waals surface area contributed by atoms with Gasteiger partial charge in [-0.25, -0.2) is 4.79 Å². The Hall–Kier alpha value is -4.14. The summed E-state index contributed by atoms with van der Waals surface area (Å²) >= 11 is 0. The minimum atomic E-state index is -0.762. The highest BCUT2D eigenvalue weighted by molar-refractivity contribution is 5.93. The number of esters is 1. The monoisotopic (exact) mass is 451 g/mol. The first-order valence-corrected chi connectivity index (χ1v) is 10.5. The number of nitrogens with one attached hydrogen (secondary N) is 1. The number of ether oxygens (including phenoxy) is 3. The van der Waals surface area contributed by atoms with Gasteiger partial charge in [0.25, 0.3) is 11.5 Å². The van der Waals surface area contributed by atoms with E-state index in [2.05, 4.69) is 10.4 Å². The van der Waals surface area contributed by atoms with Crippen LogP contribution in [-0.4, -0.2) is 41.5 Å². The maximum absolute atomic E-state index is 12.7. The van der Waals surface area contributed by atoms with Gasteiger partial charge in [-0.05, 0) is 56.7 Å². The molecule has 1 heterocycles. The van der Waals surface area contributed by atoms with E-state index < -0.39 is 24.0 Å². The third-order valence-electron chi connectivity index (χ3n) is 4.52. The number of hydrogen-bond donors (Lipinski definition) is 1. The molecule has 3 aromatic rings. The van der Waals surface area contributed by atoms with Crippen LogP contribution in [0.5, 0.6) is 11.5 Å². The molecular weight excluding hydrogens is 426 g/mol. The molecule has 0 radical (unpaired) electrons. The molecule has 0 saturated carbocycles. The maximum Gasteiger partial charge on any atom is 0.362 e. The Morgan fingerprint density at radius 2 is 1.73 bits per heavy atom. The largest absolute Gasteiger partial charge is 0.494 e. The topological polar surface area (TPSA) is 109 Å². The molecule has 1 aromatic heterocycles. The fourth-order valence-corrected chi connectivity index (χ4v) is 3.01. The zero-order valence-corrected chi connectivity index (χ0v) is 18.7. The summed E-state index contributed by atoms with van der Waals surface area (Å²) in [5.41, 5.74) is 1.15. The molecule has 9 heteroatoms. The fourth-order valence-electron chi connectivity index (χ4n) is 3.01. The van der Waals surface area contributed by atoms with E-state index in [-0.39, 0.29) is 18.1 Å². The number of rotatable bonds is 9. The third-order valence-corrected chi connectivity index (χ3v) is 4.52. The van der Waals surface area contributed by atoms with Crippen LogP contribution in [0.2, 0.25) is 0 Å². The molecule has 33 heavy (non-hydrogen) atoms. The predicted molar refractivity (Wildman–Crippen MR) is 122 cm³/mol. The summed E-state index contributed by atoms with van der Waals surface area (Å²) in [5.74, 6) is -0.685. The molecule has 0 spiro atoms. The number of nitrogens with zero attached hydrogens (tertiary/aromatic N) is 2. The van der Waals surface area contributed by atoms with Gasteiger partial charge in [0, 0.05) is 5.69 Å². The standard InChI is InChI=1S/C24H25N3O6/c1-4-31-18-12-10-17(11-13-18)25-21(28)15-33-20-14-22(29)27(19-9-7-6-8-16(19)3)26-23(20)24(30)32-5-2/h6-14H,4-5,15H2,1-3H3,(H,25,28). The highest BCUT2D eigenvalue weighted by Gasteiger charge is 2.21. The van der Waals surface area contributed by atoms with Crippen molar-refractivity contribution in [1.82, 2.24) is 9.78 Å². The van der Waals surface area contributed by atoms with E-state index in [9.17, 15) is 14.4 Å². The number of aromatic nitrogens is 2. The molecule has 0 unspecified atom stereocenters. The average molecular weight is 451 g/mol. The molecule has 0 aliphatic rings. The maximum atomic E-state index is 12.7. The van der Waals surface area contributed by atoms with Gasteiger partial charge >= 0.3 is 5.97 Å². The smallest absolute Gasteiger partial charge is 0.362 e. The van der Waals surface area contributed by atoms with Crippen LogP contribution in [0.15, 0.2) is 59.4 Å². The first kappa shape index (κ1) is 23.5. The van der Waals surface area contributed by atoms with Crippen LogP contribution in [0.4, 0.5) is 5.69 Å². The van der Waals surface area contributed by atoms with E-state index >= 15 is 0 Å². The Kier molecular flexibility index (Phi) is 7.80. The molecular formula is C24H25N3O6. The Morgan fingerprint density at radius 3 is 2.39 bits per heavy atom. The number of carbonyl (C=O) groups excluding carboxylic acids is 2. The van der Waals surface area contributed by atoms with Crippen molar-refractivity contribution in [3.05, 3.63) is 76.2 Å². The normalized spacial score (nSPS) is 10.4. The van der Waals surface area contributed by atoms with Crippen molar-refractivity contribution < 1.29 is 23.8 Å². The van der Waals surface area contributed by atoms with Gasteiger partial charge in [0.2, 0.25) is 5.69 Å². The minimum Gasteiger partial charge on any atom is -0.494 e. The number of carbonyl (C=O) groups is 2. The highest BCUT2D eigenvalue weighted by atomic mass is 16.5. The van der Waals surface area contributed by atoms with Crippen LogP contribution in [-0.2, 0) is 9.53 Å². The SMILES string of the molecule is CCOC(=O)c1nn(-c2ccccc2C)c(=O)cc1OCC(=O)Nc1ccc(OCC)cc1. The lowest BCUT2D eigenvalue weighted by Gasteiger charge is -2.13. The number of amides is 1. The summed E-state index contributed by atoms with van der Waals surface area (Å²) in [5, 5.41) is 6.85. The van der Waals surface area contributed by atoms with Gasteiger partial charge in [-0.1, -0.05) is 18.2 Å². The number of anilines is 1.